The summed E-state index contributed by atoms with van der Waals surface area (Å²) in [7, 11) is 2.10. The Morgan fingerprint density at radius 1 is 1.15 bits per heavy atom. The van der Waals surface area contributed by atoms with Gasteiger partial charge in [-0.2, -0.15) is 0 Å². The Hall–Kier alpha value is -1.99. The summed E-state index contributed by atoms with van der Waals surface area (Å²) in [5.74, 6) is 0.900. The smallest absolute Gasteiger partial charge is 0.150 e. The Labute approximate surface area is 163 Å². The minimum Gasteiger partial charge on any atom is -0.377 e. The van der Waals surface area contributed by atoms with Gasteiger partial charge in [-0.1, -0.05) is 41.6 Å². The van der Waals surface area contributed by atoms with Crippen molar-refractivity contribution >= 4 is 11.3 Å². The van der Waals surface area contributed by atoms with Crippen LogP contribution in [0.4, 0.5) is 0 Å². The Kier molecular flexibility index (Phi) is 5.69. The lowest BCUT2D eigenvalue weighted by Gasteiger charge is -2.41. The number of nitrogens with zero attached hydrogens (tertiary/aromatic N) is 2. The summed E-state index contributed by atoms with van der Waals surface area (Å²) in [6.45, 7) is 3.93. The molecule has 0 spiro atoms. The SMILES string of the molecule is CN(Cc1ccccc1)Cc1cc(CC2(NCc3cccs3)COC2)no1. The maximum Gasteiger partial charge on any atom is 0.150 e. The van der Waals surface area contributed by atoms with E-state index in [0.717, 1.165) is 37.5 Å². The van der Waals surface area contributed by atoms with Gasteiger partial charge >= 0.3 is 0 Å². The summed E-state index contributed by atoms with van der Waals surface area (Å²) in [5.41, 5.74) is 2.25. The molecule has 0 atom stereocenters. The molecule has 4 rings (SSSR count). The van der Waals surface area contributed by atoms with E-state index in [1.807, 2.05) is 6.07 Å². The minimum atomic E-state index is -0.0337. The molecule has 0 bridgehead atoms. The molecule has 142 valence electrons. The van der Waals surface area contributed by atoms with E-state index in [9.17, 15) is 0 Å². The fraction of sp³-hybridized carbons (Fsp3) is 0.381. The van der Waals surface area contributed by atoms with E-state index in [0.29, 0.717) is 13.2 Å². The van der Waals surface area contributed by atoms with Gasteiger partial charge in [0.2, 0.25) is 0 Å². The number of nitrogens with one attached hydrogen (secondary N) is 1. The summed E-state index contributed by atoms with van der Waals surface area (Å²) in [4.78, 5) is 3.57. The molecule has 5 nitrogen and oxygen atoms in total. The van der Waals surface area contributed by atoms with Gasteiger partial charge in [0, 0.05) is 30.5 Å². The fourth-order valence-electron chi connectivity index (χ4n) is 3.38. The topological polar surface area (TPSA) is 50.5 Å². The lowest BCUT2D eigenvalue weighted by atomic mass is 9.91. The van der Waals surface area contributed by atoms with Crippen molar-refractivity contribution in [2.45, 2.75) is 31.6 Å². The monoisotopic (exact) mass is 383 g/mol. The highest BCUT2D eigenvalue weighted by Gasteiger charge is 2.39. The molecule has 0 unspecified atom stereocenters. The average Bonchev–Trinajstić information content (AvgIpc) is 3.30. The van der Waals surface area contributed by atoms with E-state index < -0.39 is 0 Å². The predicted molar refractivity (Wildman–Crippen MR) is 107 cm³/mol. The highest BCUT2D eigenvalue weighted by Crippen LogP contribution is 2.24. The van der Waals surface area contributed by atoms with Gasteiger partial charge in [0.05, 0.1) is 31.0 Å². The summed E-state index contributed by atoms with van der Waals surface area (Å²) in [5, 5.41) is 10.1. The zero-order valence-corrected chi connectivity index (χ0v) is 16.4. The van der Waals surface area contributed by atoms with Gasteiger partial charge < -0.3 is 14.6 Å². The lowest BCUT2D eigenvalue weighted by molar-refractivity contribution is -0.0754. The van der Waals surface area contributed by atoms with Gasteiger partial charge in [-0.05, 0) is 24.1 Å². The molecule has 0 aliphatic carbocycles. The standard InChI is InChI=1S/C21H25N3O2S/c1-24(13-17-6-3-2-4-7-17)14-19-10-18(23-26-19)11-21(15-25-16-21)22-12-20-8-5-9-27-20/h2-10,22H,11-16H2,1H3. The molecule has 2 aromatic heterocycles. The van der Waals surface area contributed by atoms with Crippen LogP contribution < -0.4 is 5.32 Å². The molecule has 3 heterocycles. The first-order valence-corrected chi connectivity index (χ1v) is 10.1. The third-order valence-electron chi connectivity index (χ3n) is 4.82. The largest absolute Gasteiger partial charge is 0.377 e. The summed E-state index contributed by atoms with van der Waals surface area (Å²) in [6, 6.07) is 16.8. The molecule has 1 aromatic carbocycles. The molecule has 0 saturated carbocycles. The average molecular weight is 384 g/mol. The van der Waals surface area contributed by atoms with Crippen LogP contribution in [0.25, 0.3) is 0 Å². The van der Waals surface area contributed by atoms with Crippen LogP contribution in [-0.4, -0.2) is 35.9 Å². The Balaban J connectivity index is 1.31. The van der Waals surface area contributed by atoms with E-state index in [4.69, 9.17) is 9.26 Å². The van der Waals surface area contributed by atoms with Crippen LogP contribution in [-0.2, 0) is 30.8 Å². The molecule has 6 heteroatoms. The van der Waals surface area contributed by atoms with Crippen LogP contribution >= 0.6 is 11.3 Å². The van der Waals surface area contributed by atoms with Crippen molar-refractivity contribution in [3.05, 3.63) is 75.8 Å². The Bertz CT molecular complexity index is 828. The molecular formula is C21H25N3O2S. The van der Waals surface area contributed by atoms with Gasteiger partial charge in [0.15, 0.2) is 5.76 Å². The highest BCUT2D eigenvalue weighted by atomic mass is 32.1. The quantitative estimate of drug-likeness (QED) is 0.613. The predicted octanol–water partition coefficient (Wildman–Crippen LogP) is 3.47. The van der Waals surface area contributed by atoms with Crippen molar-refractivity contribution < 1.29 is 9.26 Å². The van der Waals surface area contributed by atoms with Gasteiger partial charge in [0.25, 0.3) is 0 Å². The molecule has 27 heavy (non-hydrogen) atoms. The van der Waals surface area contributed by atoms with Crippen LogP contribution in [0.1, 0.15) is 21.9 Å². The number of ether oxygens (including phenoxy) is 1. The Morgan fingerprint density at radius 3 is 2.70 bits per heavy atom. The van der Waals surface area contributed by atoms with Crippen LogP contribution in [0.3, 0.4) is 0 Å². The maximum atomic E-state index is 5.58. The minimum absolute atomic E-state index is 0.0337. The van der Waals surface area contributed by atoms with E-state index >= 15 is 0 Å². The second-order valence-electron chi connectivity index (χ2n) is 7.33. The first kappa shape index (κ1) is 18.4. The molecule has 1 fully saturated rings. The van der Waals surface area contributed by atoms with Crippen LogP contribution in [0.15, 0.2) is 58.4 Å². The third kappa shape index (κ3) is 4.84. The summed E-state index contributed by atoms with van der Waals surface area (Å²) in [6.07, 6.45) is 0.824. The first-order valence-electron chi connectivity index (χ1n) is 9.23. The van der Waals surface area contributed by atoms with Crippen molar-refractivity contribution in [3.8, 4) is 0 Å². The number of hydrogen-bond donors (Lipinski definition) is 1. The zero-order valence-electron chi connectivity index (χ0n) is 15.6. The van der Waals surface area contributed by atoms with E-state index in [1.165, 1.54) is 10.4 Å². The number of benzene rings is 1. The van der Waals surface area contributed by atoms with E-state index in [2.05, 4.69) is 70.3 Å². The molecule has 1 saturated heterocycles. The molecule has 1 aliphatic rings. The molecule has 0 radical (unpaired) electrons. The van der Waals surface area contributed by atoms with Crippen molar-refractivity contribution in [2.24, 2.45) is 0 Å². The summed E-state index contributed by atoms with van der Waals surface area (Å²) >= 11 is 1.77. The molecular weight excluding hydrogens is 358 g/mol. The second-order valence-corrected chi connectivity index (χ2v) is 8.36. The van der Waals surface area contributed by atoms with E-state index in [1.54, 1.807) is 11.3 Å². The number of hydrogen-bond acceptors (Lipinski definition) is 6. The van der Waals surface area contributed by atoms with Crippen molar-refractivity contribution in [3.63, 3.8) is 0 Å². The van der Waals surface area contributed by atoms with Gasteiger partial charge in [-0.3, -0.25) is 4.90 Å². The van der Waals surface area contributed by atoms with Crippen molar-refractivity contribution in [2.75, 3.05) is 20.3 Å². The highest BCUT2D eigenvalue weighted by molar-refractivity contribution is 7.09. The van der Waals surface area contributed by atoms with E-state index in [-0.39, 0.29) is 5.54 Å². The molecule has 1 aliphatic heterocycles. The van der Waals surface area contributed by atoms with Crippen molar-refractivity contribution in [1.29, 1.82) is 0 Å². The normalized spacial score (nSPS) is 15.8. The van der Waals surface area contributed by atoms with Crippen LogP contribution in [0.2, 0.25) is 0 Å². The lowest BCUT2D eigenvalue weighted by Crippen LogP contribution is -2.61. The molecule has 1 N–H and O–H groups in total. The van der Waals surface area contributed by atoms with Crippen LogP contribution in [0.5, 0.6) is 0 Å². The second kappa shape index (κ2) is 8.35. The van der Waals surface area contributed by atoms with Crippen molar-refractivity contribution in [1.82, 2.24) is 15.4 Å². The fourth-order valence-corrected chi connectivity index (χ4v) is 4.02. The first-order chi connectivity index (χ1) is 13.2. The third-order valence-corrected chi connectivity index (χ3v) is 5.70. The maximum absolute atomic E-state index is 5.58. The Morgan fingerprint density at radius 2 is 2.00 bits per heavy atom. The van der Waals surface area contributed by atoms with Gasteiger partial charge in [-0.25, -0.2) is 0 Å². The van der Waals surface area contributed by atoms with Crippen LogP contribution in [0, 0.1) is 0 Å². The number of thiophene rings is 1. The number of rotatable bonds is 9. The molecule has 3 aromatic rings. The zero-order chi connectivity index (χ0) is 18.5. The van der Waals surface area contributed by atoms with Gasteiger partial charge in [-0.15, -0.1) is 11.3 Å². The number of aromatic nitrogens is 1. The molecule has 0 amide bonds. The van der Waals surface area contributed by atoms with Gasteiger partial charge in [0.1, 0.15) is 0 Å². The summed E-state index contributed by atoms with van der Waals surface area (Å²) < 4.78 is 11.1.